The van der Waals surface area contributed by atoms with Gasteiger partial charge in [0.25, 0.3) is 0 Å². The fraction of sp³-hybridized carbons (Fsp3) is 0.118. The number of nitrogens with one attached hydrogen (secondary N) is 2. The lowest BCUT2D eigenvalue weighted by molar-refractivity contribution is -0.136. The van der Waals surface area contributed by atoms with Gasteiger partial charge in [-0.15, -0.1) is 0 Å². The molecule has 0 bridgehead atoms. The predicted molar refractivity (Wildman–Crippen MR) is 95.8 cm³/mol. The molecule has 2 aromatic rings. The van der Waals surface area contributed by atoms with Gasteiger partial charge in [-0.2, -0.15) is 5.10 Å². The molecule has 0 unspecified atom stereocenters. The van der Waals surface area contributed by atoms with Crippen LogP contribution in [0.3, 0.4) is 0 Å². The molecule has 2 N–H and O–H groups in total. The third kappa shape index (κ3) is 4.16. The summed E-state index contributed by atoms with van der Waals surface area (Å²) in [5, 5.41) is 6.27. The number of carbonyl (C=O) groups is 2. The number of anilines is 1. The van der Waals surface area contributed by atoms with Crippen LogP contribution in [-0.4, -0.2) is 24.8 Å². The Balaban J connectivity index is 1.58. The van der Waals surface area contributed by atoms with E-state index in [9.17, 15) is 9.59 Å². The smallest absolute Gasteiger partial charge is 0.329 e. The van der Waals surface area contributed by atoms with Crippen LogP contribution in [0.1, 0.15) is 11.1 Å². The van der Waals surface area contributed by atoms with E-state index in [0.29, 0.717) is 27.2 Å². The molecule has 0 spiro atoms. The summed E-state index contributed by atoms with van der Waals surface area (Å²) < 4.78 is 11.3. The second-order valence-corrected chi connectivity index (χ2v) is 6.11. The number of hydrogen-bond donors (Lipinski definition) is 2. The van der Waals surface area contributed by atoms with Crippen molar-refractivity contribution in [1.29, 1.82) is 0 Å². The number of fused-ring (bicyclic) bond motifs is 1. The highest BCUT2D eigenvalue weighted by atomic mass is 79.9. The first-order valence-corrected chi connectivity index (χ1v) is 8.12. The molecule has 0 atom stereocenters. The minimum absolute atomic E-state index is 0.157. The number of carbonyl (C=O) groups excluding carboxylic acids is 2. The Labute approximate surface area is 152 Å². The van der Waals surface area contributed by atoms with Crippen molar-refractivity contribution in [2.45, 2.75) is 6.92 Å². The largest absolute Gasteiger partial charge is 0.454 e. The zero-order chi connectivity index (χ0) is 17.8. The average molecular weight is 404 g/mol. The summed E-state index contributed by atoms with van der Waals surface area (Å²) in [6, 6.07) is 10.6. The molecule has 1 heterocycles. The zero-order valence-corrected chi connectivity index (χ0v) is 14.8. The number of nitrogens with zero attached hydrogens (tertiary/aromatic N) is 1. The third-order valence-electron chi connectivity index (χ3n) is 3.34. The third-order valence-corrected chi connectivity index (χ3v) is 3.93. The van der Waals surface area contributed by atoms with Crippen LogP contribution in [0, 0.1) is 6.92 Å². The first-order valence-electron chi connectivity index (χ1n) is 7.33. The standard InChI is InChI=1S/C17H14BrN3O4/c1-10-2-4-12(5-3-10)20-16(22)17(23)21-19-8-11-6-13(18)15-14(7-11)24-9-25-15/h2-8H,9H2,1H3,(H,20,22)(H,21,23)/b19-8-. The molecule has 128 valence electrons. The number of aryl methyl sites for hydroxylation is 1. The molecule has 0 fully saturated rings. The van der Waals surface area contributed by atoms with Crippen molar-refractivity contribution in [3.8, 4) is 11.5 Å². The summed E-state index contributed by atoms with van der Waals surface area (Å²) in [6.07, 6.45) is 1.41. The van der Waals surface area contributed by atoms with Crippen LogP contribution < -0.4 is 20.2 Å². The predicted octanol–water partition coefficient (Wildman–Crippen LogP) is 2.58. The molecule has 1 aliphatic heterocycles. The maximum atomic E-state index is 11.8. The molecule has 8 heteroatoms. The van der Waals surface area contributed by atoms with E-state index in [4.69, 9.17) is 9.47 Å². The maximum Gasteiger partial charge on any atom is 0.329 e. The quantitative estimate of drug-likeness (QED) is 0.468. The number of rotatable bonds is 3. The molecule has 2 amide bonds. The fourth-order valence-electron chi connectivity index (χ4n) is 2.10. The average Bonchev–Trinajstić information content (AvgIpc) is 3.06. The summed E-state index contributed by atoms with van der Waals surface area (Å²) >= 11 is 3.37. The fourth-order valence-corrected chi connectivity index (χ4v) is 2.68. The van der Waals surface area contributed by atoms with E-state index >= 15 is 0 Å². The van der Waals surface area contributed by atoms with Crippen molar-refractivity contribution in [3.05, 3.63) is 52.0 Å². The van der Waals surface area contributed by atoms with Crippen molar-refractivity contribution < 1.29 is 19.1 Å². The van der Waals surface area contributed by atoms with Gasteiger partial charge in [-0.1, -0.05) is 17.7 Å². The van der Waals surface area contributed by atoms with Gasteiger partial charge in [0.2, 0.25) is 6.79 Å². The summed E-state index contributed by atoms with van der Waals surface area (Å²) in [4.78, 5) is 23.6. The van der Waals surface area contributed by atoms with Gasteiger partial charge in [0.05, 0.1) is 10.7 Å². The first-order chi connectivity index (χ1) is 12.0. The second kappa shape index (κ2) is 7.35. The molecule has 0 radical (unpaired) electrons. The monoisotopic (exact) mass is 403 g/mol. The lowest BCUT2D eigenvalue weighted by Crippen LogP contribution is -2.32. The Bertz CT molecular complexity index is 850. The molecule has 0 aromatic heterocycles. The molecule has 3 rings (SSSR count). The zero-order valence-electron chi connectivity index (χ0n) is 13.2. The van der Waals surface area contributed by atoms with Crippen LogP contribution in [0.25, 0.3) is 0 Å². The highest BCUT2D eigenvalue weighted by Gasteiger charge is 2.17. The van der Waals surface area contributed by atoms with Gasteiger partial charge in [0, 0.05) is 5.69 Å². The molecule has 1 aliphatic rings. The maximum absolute atomic E-state index is 11.8. The Hall–Kier alpha value is -2.87. The molecule has 0 aliphatic carbocycles. The molecule has 7 nitrogen and oxygen atoms in total. The Kier molecular flexibility index (Phi) is 4.99. The lowest BCUT2D eigenvalue weighted by Gasteiger charge is -2.04. The molecule has 2 aromatic carbocycles. The number of amides is 2. The normalized spacial score (nSPS) is 12.2. The molecule has 0 saturated heterocycles. The molecule has 25 heavy (non-hydrogen) atoms. The van der Waals surface area contributed by atoms with Crippen molar-refractivity contribution in [1.82, 2.24) is 5.43 Å². The topological polar surface area (TPSA) is 89.0 Å². The van der Waals surface area contributed by atoms with Crippen LogP contribution in [-0.2, 0) is 9.59 Å². The van der Waals surface area contributed by atoms with E-state index in [0.717, 1.165) is 5.56 Å². The minimum Gasteiger partial charge on any atom is -0.454 e. The highest BCUT2D eigenvalue weighted by molar-refractivity contribution is 9.10. The van der Waals surface area contributed by atoms with E-state index in [2.05, 4.69) is 31.8 Å². The summed E-state index contributed by atoms with van der Waals surface area (Å²) in [7, 11) is 0. The van der Waals surface area contributed by atoms with Crippen LogP contribution >= 0.6 is 15.9 Å². The Morgan fingerprint density at radius 1 is 1.16 bits per heavy atom. The molecular weight excluding hydrogens is 390 g/mol. The summed E-state index contributed by atoms with van der Waals surface area (Å²) in [6.45, 7) is 2.09. The highest BCUT2D eigenvalue weighted by Crippen LogP contribution is 2.39. The number of halogens is 1. The van der Waals surface area contributed by atoms with Gasteiger partial charge in [-0.25, -0.2) is 5.43 Å². The van der Waals surface area contributed by atoms with Crippen LogP contribution in [0.15, 0.2) is 46.0 Å². The van der Waals surface area contributed by atoms with Crippen LogP contribution in [0.4, 0.5) is 5.69 Å². The number of hydrazone groups is 1. The van der Waals surface area contributed by atoms with Crippen molar-refractivity contribution in [3.63, 3.8) is 0 Å². The first kappa shape index (κ1) is 17.0. The minimum atomic E-state index is -0.864. The second-order valence-electron chi connectivity index (χ2n) is 5.26. The van der Waals surface area contributed by atoms with Gasteiger partial charge < -0.3 is 14.8 Å². The van der Waals surface area contributed by atoms with Crippen LogP contribution in [0.2, 0.25) is 0 Å². The number of ether oxygens (including phenoxy) is 2. The van der Waals surface area contributed by atoms with E-state index in [1.165, 1.54) is 6.21 Å². The summed E-state index contributed by atoms with van der Waals surface area (Å²) in [5.74, 6) is -0.456. The number of hydrogen-bond acceptors (Lipinski definition) is 5. The number of benzene rings is 2. The molecular formula is C17H14BrN3O4. The Morgan fingerprint density at radius 2 is 1.92 bits per heavy atom. The van der Waals surface area contributed by atoms with E-state index in [1.807, 2.05) is 19.1 Å². The van der Waals surface area contributed by atoms with Crippen molar-refractivity contribution in [2.24, 2.45) is 5.10 Å². The SMILES string of the molecule is Cc1ccc(NC(=O)C(=O)N/N=C\c2cc(Br)c3c(c2)OCO3)cc1. The van der Waals surface area contributed by atoms with E-state index in [-0.39, 0.29) is 6.79 Å². The van der Waals surface area contributed by atoms with Crippen molar-refractivity contribution in [2.75, 3.05) is 12.1 Å². The Morgan fingerprint density at radius 3 is 2.68 bits per heavy atom. The van der Waals surface area contributed by atoms with Gasteiger partial charge in [0.1, 0.15) is 0 Å². The van der Waals surface area contributed by atoms with E-state index < -0.39 is 11.8 Å². The van der Waals surface area contributed by atoms with Gasteiger partial charge in [-0.3, -0.25) is 9.59 Å². The summed E-state index contributed by atoms with van der Waals surface area (Å²) in [5.41, 5.74) is 4.45. The lowest BCUT2D eigenvalue weighted by atomic mass is 10.2. The van der Waals surface area contributed by atoms with E-state index in [1.54, 1.807) is 24.3 Å². The van der Waals surface area contributed by atoms with Gasteiger partial charge in [-0.05, 0) is 52.7 Å². The van der Waals surface area contributed by atoms with Gasteiger partial charge >= 0.3 is 11.8 Å². The van der Waals surface area contributed by atoms with Crippen molar-refractivity contribution >= 4 is 39.6 Å². The van der Waals surface area contributed by atoms with Crippen LogP contribution in [0.5, 0.6) is 11.5 Å². The van der Waals surface area contributed by atoms with Gasteiger partial charge in [0.15, 0.2) is 11.5 Å². The molecule has 0 saturated carbocycles.